The van der Waals surface area contributed by atoms with Gasteiger partial charge in [-0.3, -0.25) is 4.57 Å². The van der Waals surface area contributed by atoms with Gasteiger partial charge in [-0.2, -0.15) is 0 Å². The number of nitrogens with zero attached hydrogens (tertiary/aromatic N) is 3. The van der Waals surface area contributed by atoms with E-state index in [1.807, 2.05) is 0 Å². The summed E-state index contributed by atoms with van der Waals surface area (Å²) < 4.78 is 7.28. The summed E-state index contributed by atoms with van der Waals surface area (Å²) in [6.45, 7) is -0.376. The van der Waals surface area contributed by atoms with Crippen LogP contribution in [-0.2, 0) is 4.74 Å². The number of aliphatic hydroxyl groups excluding tert-OH is 3. The SMILES string of the molecule is OC[C@@H]1O[C@@H](n2cnc3c(=S)nc[nH]c32)[C@H](O)[C@H]1O. The van der Waals surface area contributed by atoms with Crippen LogP contribution in [0.5, 0.6) is 0 Å². The number of imidazole rings is 1. The van der Waals surface area contributed by atoms with Gasteiger partial charge >= 0.3 is 0 Å². The first-order valence-corrected chi connectivity index (χ1v) is 6.07. The number of hydrogen-bond donors (Lipinski definition) is 4. The topological polar surface area (TPSA) is 116 Å². The third-order valence-electron chi connectivity index (χ3n) is 3.17. The van der Waals surface area contributed by atoms with Gasteiger partial charge in [0, 0.05) is 0 Å². The van der Waals surface area contributed by atoms with E-state index in [0.29, 0.717) is 15.8 Å². The second kappa shape index (κ2) is 4.62. The van der Waals surface area contributed by atoms with Crippen molar-refractivity contribution in [2.45, 2.75) is 24.5 Å². The molecule has 0 aromatic carbocycles. The van der Waals surface area contributed by atoms with E-state index in [1.54, 1.807) is 0 Å². The predicted octanol–water partition coefficient (Wildman–Crippen LogP) is -0.900. The minimum atomic E-state index is -1.16. The lowest BCUT2D eigenvalue weighted by molar-refractivity contribution is -0.0511. The molecule has 0 amide bonds. The van der Waals surface area contributed by atoms with E-state index in [1.165, 1.54) is 17.2 Å². The van der Waals surface area contributed by atoms with Gasteiger partial charge in [-0.15, -0.1) is 0 Å². The minimum absolute atomic E-state index is 0.333. The van der Waals surface area contributed by atoms with Crippen LogP contribution in [0, 0.1) is 4.64 Å². The first kappa shape index (κ1) is 12.6. The highest BCUT2D eigenvalue weighted by Crippen LogP contribution is 2.30. The van der Waals surface area contributed by atoms with Crippen molar-refractivity contribution in [3.8, 4) is 0 Å². The van der Waals surface area contributed by atoms with Crippen LogP contribution in [0.2, 0.25) is 0 Å². The van der Waals surface area contributed by atoms with E-state index in [-0.39, 0.29) is 6.61 Å². The smallest absolute Gasteiger partial charge is 0.165 e. The maximum absolute atomic E-state index is 9.97. The maximum Gasteiger partial charge on any atom is 0.165 e. The van der Waals surface area contributed by atoms with Gasteiger partial charge in [0.15, 0.2) is 10.9 Å². The highest BCUT2D eigenvalue weighted by atomic mass is 32.1. The molecule has 8 nitrogen and oxygen atoms in total. The van der Waals surface area contributed by atoms with Crippen LogP contribution in [0.4, 0.5) is 0 Å². The molecular formula is C10H12N4O4S. The highest BCUT2D eigenvalue weighted by molar-refractivity contribution is 7.71. The molecule has 3 rings (SSSR count). The van der Waals surface area contributed by atoms with Gasteiger partial charge in [0.05, 0.1) is 19.3 Å². The number of rotatable bonds is 2. The summed E-state index contributed by atoms with van der Waals surface area (Å²) in [5.74, 6) is 0. The van der Waals surface area contributed by atoms with Crippen LogP contribution >= 0.6 is 12.2 Å². The number of aliphatic hydroxyl groups is 3. The Labute approximate surface area is 112 Å². The average molecular weight is 284 g/mol. The molecule has 1 fully saturated rings. The fourth-order valence-electron chi connectivity index (χ4n) is 2.18. The third-order valence-corrected chi connectivity index (χ3v) is 3.47. The number of H-pyrrole nitrogens is 1. The van der Waals surface area contributed by atoms with Crippen molar-refractivity contribution in [2.24, 2.45) is 0 Å². The van der Waals surface area contributed by atoms with E-state index in [0.717, 1.165) is 0 Å². The molecule has 102 valence electrons. The summed E-state index contributed by atoms with van der Waals surface area (Å²) in [5, 5.41) is 28.8. The number of nitrogens with one attached hydrogen (secondary N) is 1. The Bertz CT molecular complexity index is 656. The standard InChI is InChI=1S/C10H12N4O4S/c15-1-4-6(16)7(17)10(18-4)14-3-13-5-8(14)11-2-12-9(5)19/h2-4,6-7,10,15-17H,1H2,(H,11,12,19)/t4-,6-,7+,10+/m0/s1. The molecule has 3 heterocycles. The van der Waals surface area contributed by atoms with Gasteiger partial charge in [-0.05, 0) is 0 Å². The van der Waals surface area contributed by atoms with Gasteiger partial charge < -0.3 is 25.0 Å². The Balaban J connectivity index is 2.06. The molecule has 0 radical (unpaired) electrons. The summed E-state index contributed by atoms with van der Waals surface area (Å²) in [5.41, 5.74) is 1.02. The number of aromatic nitrogens is 4. The molecule has 0 bridgehead atoms. The fraction of sp³-hybridized carbons (Fsp3) is 0.500. The van der Waals surface area contributed by atoms with Crippen molar-refractivity contribution in [3.05, 3.63) is 17.3 Å². The quantitative estimate of drug-likeness (QED) is 0.528. The van der Waals surface area contributed by atoms with Crippen LogP contribution < -0.4 is 0 Å². The molecular weight excluding hydrogens is 272 g/mol. The molecule has 0 unspecified atom stereocenters. The first-order valence-electron chi connectivity index (χ1n) is 5.66. The average Bonchev–Trinajstić information content (AvgIpc) is 2.94. The number of hydrogen-bond acceptors (Lipinski definition) is 7. The zero-order chi connectivity index (χ0) is 13.6. The lowest BCUT2D eigenvalue weighted by atomic mass is 10.1. The summed E-state index contributed by atoms with van der Waals surface area (Å²) in [6.07, 6.45) is -1.13. The Morgan fingerprint density at radius 3 is 2.84 bits per heavy atom. The predicted molar refractivity (Wildman–Crippen MR) is 65.7 cm³/mol. The molecule has 1 saturated heterocycles. The lowest BCUT2D eigenvalue weighted by Crippen LogP contribution is -2.33. The second-order valence-electron chi connectivity index (χ2n) is 4.29. The van der Waals surface area contributed by atoms with Gasteiger partial charge in [0.2, 0.25) is 0 Å². The molecule has 19 heavy (non-hydrogen) atoms. The van der Waals surface area contributed by atoms with Crippen molar-refractivity contribution in [1.29, 1.82) is 0 Å². The molecule has 2 aromatic heterocycles. The van der Waals surface area contributed by atoms with Crippen LogP contribution in [0.3, 0.4) is 0 Å². The molecule has 1 aliphatic rings. The fourth-order valence-corrected chi connectivity index (χ4v) is 2.38. The number of fused-ring (bicyclic) bond motifs is 1. The zero-order valence-corrected chi connectivity index (χ0v) is 10.5. The molecule has 1 aliphatic heterocycles. The van der Waals surface area contributed by atoms with E-state index >= 15 is 0 Å². The summed E-state index contributed by atoms with van der Waals surface area (Å²) in [7, 11) is 0. The maximum atomic E-state index is 9.97. The van der Waals surface area contributed by atoms with E-state index in [4.69, 9.17) is 22.1 Å². The van der Waals surface area contributed by atoms with Crippen molar-refractivity contribution in [3.63, 3.8) is 0 Å². The Morgan fingerprint density at radius 2 is 2.16 bits per heavy atom. The molecule has 0 aliphatic carbocycles. The van der Waals surface area contributed by atoms with Crippen LogP contribution in [0.1, 0.15) is 6.23 Å². The van der Waals surface area contributed by atoms with Crippen LogP contribution in [0.25, 0.3) is 11.2 Å². The second-order valence-corrected chi connectivity index (χ2v) is 4.67. The van der Waals surface area contributed by atoms with Crippen LogP contribution in [0.15, 0.2) is 12.7 Å². The largest absolute Gasteiger partial charge is 0.394 e. The van der Waals surface area contributed by atoms with Gasteiger partial charge in [-0.1, -0.05) is 12.2 Å². The molecule has 4 N–H and O–H groups in total. The van der Waals surface area contributed by atoms with Crippen molar-refractivity contribution >= 4 is 23.4 Å². The van der Waals surface area contributed by atoms with Crippen molar-refractivity contribution in [2.75, 3.05) is 6.61 Å². The summed E-state index contributed by atoms with van der Waals surface area (Å²) in [4.78, 5) is 10.9. The Hall–Kier alpha value is -1.39. The van der Waals surface area contributed by atoms with E-state index in [2.05, 4.69) is 15.0 Å². The Morgan fingerprint density at radius 1 is 1.37 bits per heavy atom. The van der Waals surface area contributed by atoms with Crippen molar-refractivity contribution < 1.29 is 20.1 Å². The summed E-state index contributed by atoms with van der Waals surface area (Å²) in [6, 6.07) is 0. The zero-order valence-electron chi connectivity index (χ0n) is 9.67. The number of aromatic amines is 1. The van der Waals surface area contributed by atoms with E-state index in [9.17, 15) is 10.2 Å². The normalized spacial score (nSPS) is 31.1. The molecule has 2 aromatic rings. The van der Waals surface area contributed by atoms with Crippen molar-refractivity contribution in [1.82, 2.24) is 19.5 Å². The van der Waals surface area contributed by atoms with E-state index < -0.39 is 24.5 Å². The summed E-state index contributed by atoms with van der Waals surface area (Å²) >= 11 is 5.04. The highest BCUT2D eigenvalue weighted by Gasteiger charge is 2.43. The monoisotopic (exact) mass is 284 g/mol. The van der Waals surface area contributed by atoms with Gasteiger partial charge in [0.25, 0.3) is 0 Å². The molecule has 0 spiro atoms. The van der Waals surface area contributed by atoms with Gasteiger partial charge in [0.1, 0.15) is 29.5 Å². The first-order chi connectivity index (χ1) is 9.13. The minimum Gasteiger partial charge on any atom is -0.394 e. The molecule has 0 saturated carbocycles. The van der Waals surface area contributed by atoms with Crippen LogP contribution in [-0.4, -0.2) is 59.8 Å². The molecule has 4 atom stereocenters. The third kappa shape index (κ3) is 1.86. The van der Waals surface area contributed by atoms with Gasteiger partial charge in [-0.25, -0.2) is 9.97 Å². The Kier molecular flexibility index (Phi) is 3.07. The number of ether oxygens (including phenoxy) is 1. The lowest BCUT2D eigenvalue weighted by Gasteiger charge is -2.16. The molecule has 9 heteroatoms.